The molecule has 1 unspecified atom stereocenters. The third-order valence-corrected chi connectivity index (χ3v) is 4.04. The maximum absolute atomic E-state index is 6.01. The molecule has 18 heavy (non-hydrogen) atoms. The van der Waals surface area contributed by atoms with E-state index in [9.17, 15) is 0 Å². The highest BCUT2D eigenvalue weighted by Gasteiger charge is 2.17. The van der Waals surface area contributed by atoms with Crippen LogP contribution >= 0.6 is 11.6 Å². The Labute approximate surface area is 112 Å². The molecule has 0 amide bonds. The zero-order chi connectivity index (χ0) is 12.5. The Morgan fingerprint density at radius 3 is 3.17 bits per heavy atom. The molecule has 1 atom stereocenters. The van der Waals surface area contributed by atoms with Crippen molar-refractivity contribution in [3.8, 4) is 0 Å². The summed E-state index contributed by atoms with van der Waals surface area (Å²) in [6.45, 7) is 2.28. The third-order valence-electron chi connectivity index (χ3n) is 3.81. The van der Waals surface area contributed by atoms with E-state index in [4.69, 9.17) is 16.6 Å². The molecule has 2 heterocycles. The molecule has 0 saturated carbocycles. The van der Waals surface area contributed by atoms with Gasteiger partial charge in [0.05, 0.1) is 11.0 Å². The average molecular weight is 264 g/mol. The third kappa shape index (κ3) is 2.25. The molecule has 3 rings (SSSR count). The highest BCUT2D eigenvalue weighted by atomic mass is 35.5. The Kier molecular flexibility index (Phi) is 3.27. The summed E-state index contributed by atoms with van der Waals surface area (Å²) >= 11 is 6.01. The molecule has 1 fully saturated rings. The molecule has 3 nitrogen and oxygen atoms in total. The first kappa shape index (κ1) is 12.0. The summed E-state index contributed by atoms with van der Waals surface area (Å²) in [5.74, 6) is 1.88. The number of hydrogen-bond acceptors (Lipinski definition) is 2. The quantitative estimate of drug-likeness (QED) is 0.903. The van der Waals surface area contributed by atoms with Gasteiger partial charge in [-0.05, 0) is 50.0 Å². The van der Waals surface area contributed by atoms with Crippen molar-refractivity contribution in [2.45, 2.75) is 19.3 Å². The number of rotatable bonds is 2. The van der Waals surface area contributed by atoms with Crippen LogP contribution in [-0.4, -0.2) is 22.6 Å². The second-order valence-corrected chi connectivity index (χ2v) is 5.57. The van der Waals surface area contributed by atoms with Gasteiger partial charge in [0, 0.05) is 18.5 Å². The number of hydrogen-bond donors (Lipinski definition) is 1. The molecule has 1 N–H and O–H groups in total. The van der Waals surface area contributed by atoms with Gasteiger partial charge in [-0.25, -0.2) is 4.98 Å². The number of nitrogens with one attached hydrogen (secondary N) is 1. The second-order valence-electron chi connectivity index (χ2n) is 5.14. The van der Waals surface area contributed by atoms with Crippen LogP contribution < -0.4 is 5.32 Å². The van der Waals surface area contributed by atoms with Crippen LogP contribution in [0.4, 0.5) is 0 Å². The van der Waals surface area contributed by atoms with Crippen molar-refractivity contribution in [3.05, 3.63) is 29.0 Å². The number of piperidine rings is 1. The fourth-order valence-corrected chi connectivity index (χ4v) is 2.93. The van der Waals surface area contributed by atoms with Crippen molar-refractivity contribution in [2.24, 2.45) is 13.0 Å². The first-order valence-electron chi connectivity index (χ1n) is 6.55. The fraction of sp³-hybridized carbons (Fsp3) is 0.500. The molecule has 0 aliphatic carbocycles. The Morgan fingerprint density at radius 1 is 1.50 bits per heavy atom. The summed E-state index contributed by atoms with van der Waals surface area (Å²) in [7, 11) is 2.09. The van der Waals surface area contributed by atoms with Gasteiger partial charge < -0.3 is 9.88 Å². The minimum Gasteiger partial charge on any atom is -0.331 e. The molecule has 1 saturated heterocycles. The van der Waals surface area contributed by atoms with Gasteiger partial charge in [-0.1, -0.05) is 11.6 Å². The predicted molar refractivity (Wildman–Crippen MR) is 75.0 cm³/mol. The standard InChI is InChI=1S/C14H18ClN3/c1-18-13-5-4-11(15)8-12(13)17-14(18)7-10-3-2-6-16-9-10/h4-5,8,10,16H,2-3,6-7,9H2,1H3. The minimum atomic E-state index is 0.713. The first-order valence-corrected chi connectivity index (χ1v) is 6.93. The van der Waals surface area contributed by atoms with Crippen LogP contribution in [0.2, 0.25) is 5.02 Å². The van der Waals surface area contributed by atoms with Crippen molar-refractivity contribution < 1.29 is 0 Å². The number of benzene rings is 1. The zero-order valence-electron chi connectivity index (χ0n) is 10.6. The van der Waals surface area contributed by atoms with Gasteiger partial charge in [0.2, 0.25) is 0 Å². The van der Waals surface area contributed by atoms with Gasteiger partial charge in [0.25, 0.3) is 0 Å². The van der Waals surface area contributed by atoms with E-state index < -0.39 is 0 Å². The Balaban J connectivity index is 1.89. The minimum absolute atomic E-state index is 0.713. The van der Waals surface area contributed by atoms with Crippen molar-refractivity contribution in [3.63, 3.8) is 0 Å². The molecule has 1 aromatic carbocycles. The summed E-state index contributed by atoms with van der Waals surface area (Å²) < 4.78 is 2.19. The molecular weight excluding hydrogens is 246 g/mol. The molecule has 1 aliphatic heterocycles. The zero-order valence-corrected chi connectivity index (χ0v) is 11.4. The lowest BCUT2D eigenvalue weighted by molar-refractivity contribution is 0.368. The summed E-state index contributed by atoms with van der Waals surface area (Å²) in [4.78, 5) is 4.72. The second kappa shape index (κ2) is 4.90. The Hall–Kier alpha value is -1.06. The van der Waals surface area contributed by atoms with Crippen molar-refractivity contribution in [1.82, 2.24) is 14.9 Å². The van der Waals surface area contributed by atoms with Crippen molar-refractivity contribution >= 4 is 22.6 Å². The molecule has 1 aromatic heterocycles. The SMILES string of the molecule is Cn1c(CC2CCCNC2)nc2cc(Cl)ccc21. The molecule has 1 aliphatic rings. The number of fused-ring (bicyclic) bond motifs is 1. The van der Waals surface area contributed by atoms with Gasteiger partial charge in [0.15, 0.2) is 0 Å². The Morgan fingerprint density at radius 2 is 2.39 bits per heavy atom. The molecule has 2 aromatic rings. The van der Waals surface area contributed by atoms with Gasteiger partial charge in [-0.3, -0.25) is 0 Å². The van der Waals surface area contributed by atoms with E-state index in [1.54, 1.807) is 0 Å². The number of imidazole rings is 1. The van der Waals surface area contributed by atoms with E-state index in [0.29, 0.717) is 5.92 Å². The first-order chi connectivity index (χ1) is 8.74. The van der Waals surface area contributed by atoms with Crippen molar-refractivity contribution in [2.75, 3.05) is 13.1 Å². The number of aryl methyl sites for hydroxylation is 1. The van der Waals surface area contributed by atoms with Crippen LogP contribution in [0, 0.1) is 5.92 Å². The normalized spacial score (nSPS) is 20.4. The number of aromatic nitrogens is 2. The topological polar surface area (TPSA) is 29.9 Å². The molecule has 0 radical (unpaired) electrons. The van der Waals surface area contributed by atoms with Gasteiger partial charge in [-0.2, -0.15) is 0 Å². The molecule has 0 bridgehead atoms. The maximum Gasteiger partial charge on any atom is 0.109 e. The van der Waals surface area contributed by atoms with Crippen LogP contribution in [0.15, 0.2) is 18.2 Å². The highest BCUT2D eigenvalue weighted by Crippen LogP contribution is 2.22. The van der Waals surface area contributed by atoms with Crippen molar-refractivity contribution in [1.29, 1.82) is 0 Å². The lowest BCUT2D eigenvalue weighted by atomic mass is 9.96. The molecule has 0 spiro atoms. The lowest BCUT2D eigenvalue weighted by Gasteiger charge is -2.22. The summed E-state index contributed by atoms with van der Waals surface area (Å²) in [6.07, 6.45) is 3.63. The number of nitrogens with zero attached hydrogens (tertiary/aromatic N) is 2. The molecular formula is C14H18ClN3. The molecule has 96 valence electrons. The van der Waals surface area contributed by atoms with Crippen LogP contribution in [0.25, 0.3) is 11.0 Å². The van der Waals surface area contributed by atoms with Gasteiger partial charge >= 0.3 is 0 Å². The van der Waals surface area contributed by atoms with Crippen LogP contribution in [0.3, 0.4) is 0 Å². The van der Waals surface area contributed by atoms with Crippen LogP contribution in [-0.2, 0) is 13.5 Å². The van der Waals surface area contributed by atoms with E-state index in [2.05, 4.69) is 16.9 Å². The summed E-state index contributed by atoms with van der Waals surface area (Å²) in [5.41, 5.74) is 2.17. The fourth-order valence-electron chi connectivity index (χ4n) is 2.76. The number of halogens is 1. The van der Waals surface area contributed by atoms with E-state index in [-0.39, 0.29) is 0 Å². The van der Waals surface area contributed by atoms with Crippen LogP contribution in [0.5, 0.6) is 0 Å². The van der Waals surface area contributed by atoms with Gasteiger partial charge in [-0.15, -0.1) is 0 Å². The highest BCUT2D eigenvalue weighted by molar-refractivity contribution is 6.31. The van der Waals surface area contributed by atoms with E-state index in [1.165, 1.54) is 18.7 Å². The molecule has 4 heteroatoms. The lowest BCUT2D eigenvalue weighted by Crippen LogP contribution is -2.31. The predicted octanol–water partition coefficient (Wildman–Crippen LogP) is 2.77. The monoisotopic (exact) mass is 263 g/mol. The smallest absolute Gasteiger partial charge is 0.109 e. The maximum atomic E-state index is 6.01. The van der Waals surface area contributed by atoms with E-state index in [1.807, 2.05) is 18.2 Å². The van der Waals surface area contributed by atoms with Crippen LogP contribution in [0.1, 0.15) is 18.7 Å². The van der Waals surface area contributed by atoms with Gasteiger partial charge in [0.1, 0.15) is 5.82 Å². The summed E-state index contributed by atoms with van der Waals surface area (Å²) in [6, 6.07) is 5.92. The largest absolute Gasteiger partial charge is 0.331 e. The summed E-state index contributed by atoms with van der Waals surface area (Å²) in [5, 5.41) is 4.22. The van der Waals surface area contributed by atoms with E-state index >= 15 is 0 Å². The Bertz CT molecular complexity index is 555. The van der Waals surface area contributed by atoms with E-state index in [0.717, 1.165) is 35.6 Å². The average Bonchev–Trinajstić information content (AvgIpc) is 2.67.